The molecule has 0 unspecified atom stereocenters. The van der Waals surface area contributed by atoms with E-state index in [1.165, 1.54) is 6.92 Å². The van der Waals surface area contributed by atoms with Crippen LogP contribution in [0.5, 0.6) is 0 Å². The molecule has 3 heteroatoms. The van der Waals surface area contributed by atoms with Crippen molar-refractivity contribution in [3.63, 3.8) is 0 Å². The summed E-state index contributed by atoms with van der Waals surface area (Å²) >= 11 is 0. The first-order valence-electron chi connectivity index (χ1n) is 1.96. The summed E-state index contributed by atoms with van der Waals surface area (Å²) in [7, 11) is 0. The Morgan fingerprint density at radius 2 is 2.25 bits per heavy atom. The summed E-state index contributed by atoms with van der Waals surface area (Å²) in [4.78, 5) is 9.81. The van der Waals surface area contributed by atoms with Gasteiger partial charge in [0.2, 0.25) is 0 Å². The Labute approximate surface area is 48.6 Å². The molecule has 0 fully saturated rings. The first-order chi connectivity index (χ1) is 3.27. The molecule has 0 aliphatic heterocycles. The van der Waals surface area contributed by atoms with E-state index in [0.29, 0.717) is 0 Å². The van der Waals surface area contributed by atoms with Gasteiger partial charge in [-0.05, 0) is 0 Å². The fraction of sp³-hybridized carbons (Fsp3) is 0.800. The molecular weight excluding hydrogens is 111 g/mol. The normalized spacial score (nSPS) is 7.25. The standard InChI is InChI=1S/C4H7FO2.CH4/c1-4(6)7-3-2-5;/h2-3H2,1H3;1H4. The smallest absolute Gasteiger partial charge is 0.302 e. The summed E-state index contributed by atoms with van der Waals surface area (Å²) in [6.45, 7) is 0.532. The van der Waals surface area contributed by atoms with Gasteiger partial charge in [0.15, 0.2) is 0 Å². The molecule has 0 rings (SSSR count). The Morgan fingerprint density at radius 3 is 2.38 bits per heavy atom. The third-order valence-corrected chi connectivity index (χ3v) is 0.382. The topological polar surface area (TPSA) is 26.3 Å². The number of hydrogen-bond acceptors (Lipinski definition) is 2. The highest BCUT2D eigenvalue weighted by Gasteiger charge is 1.87. The second kappa shape index (κ2) is 6.40. The summed E-state index contributed by atoms with van der Waals surface area (Å²) in [6, 6.07) is 0. The highest BCUT2D eigenvalue weighted by molar-refractivity contribution is 5.65. The lowest BCUT2D eigenvalue weighted by molar-refractivity contribution is -0.141. The van der Waals surface area contributed by atoms with Crippen molar-refractivity contribution in [2.24, 2.45) is 0 Å². The second-order valence-corrected chi connectivity index (χ2v) is 1.03. The summed E-state index contributed by atoms with van der Waals surface area (Å²) in [5.74, 6) is -0.433. The average Bonchev–Trinajstić information content (AvgIpc) is 1.61. The number of esters is 1. The van der Waals surface area contributed by atoms with E-state index in [-0.39, 0.29) is 14.0 Å². The monoisotopic (exact) mass is 122 g/mol. The van der Waals surface area contributed by atoms with E-state index in [1.54, 1.807) is 0 Å². The zero-order chi connectivity index (χ0) is 5.70. The number of halogens is 1. The molecule has 0 aromatic heterocycles. The Hall–Kier alpha value is -0.600. The third-order valence-electron chi connectivity index (χ3n) is 0.382. The zero-order valence-corrected chi connectivity index (χ0v) is 4.11. The molecule has 0 aliphatic carbocycles. The molecule has 0 heterocycles. The highest BCUT2D eigenvalue weighted by atomic mass is 19.1. The molecule has 0 saturated heterocycles. The molecular formula is C5H11FO2. The Kier molecular flexibility index (Phi) is 8.32. The first kappa shape index (κ1) is 10.4. The lowest BCUT2D eigenvalue weighted by atomic mass is 10.7. The van der Waals surface area contributed by atoms with Crippen LogP contribution < -0.4 is 0 Å². The van der Waals surface area contributed by atoms with E-state index >= 15 is 0 Å². The fourth-order valence-electron chi connectivity index (χ4n) is 0.182. The van der Waals surface area contributed by atoms with Crippen LogP contribution in [0, 0.1) is 0 Å². The minimum atomic E-state index is -0.598. The lowest BCUT2D eigenvalue weighted by Gasteiger charge is -1.92. The molecule has 2 nitrogen and oxygen atoms in total. The molecule has 0 atom stereocenters. The average molecular weight is 122 g/mol. The third kappa shape index (κ3) is 9.04. The van der Waals surface area contributed by atoms with Crippen LogP contribution in [0.2, 0.25) is 0 Å². The highest BCUT2D eigenvalue weighted by Crippen LogP contribution is 1.74. The zero-order valence-electron chi connectivity index (χ0n) is 4.11. The van der Waals surface area contributed by atoms with Gasteiger partial charge in [-0.15, -0.1) is 0 Å². The van der Waals surface area contributed by atoms with Gasteiger partial charge in [-0.1, -0.05) is 7.43 Å². The first-order valence-corrected chi connectivity index (χ1v) is 1.96. The summed E-state index contributed by atoms with van der Waals surface area (Å²) in [6.07, 6.45) is 0. The van der Waals surface area contributed by atoms with E-state index in [0.717, 1.165) is 0 Å². The maximum absolute atomic E-state index is 11.1. The predicted molar refractivity (Wildman–Crippen MR) is 29.3 cm³/mol. The maximum atomic E-state index is 11.1. The van der Waals surface area contributed by atoms with E-state index in [2.05, 4.69) is 4.74 Å². The van der Waals surface area contributed by atoms with Crippen LogP contribution in [0.25, 0.3) is 0 Å². The number of carbonyl (C=O) groups is 1. The van der Waals surface area contributed by atoms with Crippen molar-refractivity contribution >= 4 is 5.97 Å². The van der Waals surface area contributed by atoms with Crippen molar-refractivity contribution in [3.8, 4) is 0 Å². The van der Waals surface area contributed by atoms with Crippen LogP contribution in [0.4, 0.5) is 4.39 Å². The molecule has 0 spiro atoms. The van der Waals surface area contributed by atoms with Crippen LogP contribution in [-0.4, -0.2) is 19.3 Å². The van der Waals surface area contributed by atoms with Gasteiger partial charge in [0, 0.05) is 6.92 Å². The molecule has 0 aromatic rings. The molecule has 0 saturated carbocycles. The van der Waals surface area contributed by atoms with Crippen molar-refractivity contribution in [1.82, 2.24) is 0 Å². The SMILES string of the molecule is C.CC(=O)OCCF. The van der Waals surface area contributed by atoms with Crippen LogP contribution >= 0.6 is 0 Å². The molecule has 0 radical (unpaired) electrons. The van der Waals surface area contributed by atoms with Gasteiger partial charge in [0.1, 0.15) is 13.3 Å². The minimum absolute atomic E-state index is 0. The molecule has 0 aromatic carbocycles. The number of ether oxygens (including phenoxy) is 1. The number of hydrogen-bond donors (Lipinski definition) is 0. The van der Waals surface area contributed by atoms with Gasteiger partial charge in [-0.25, -0.2) is 4.39 Å². The van der Waals surface area contributed by atoms with Gasteiger partial charge in [-0.3, -0.25) is 4.79 Å². The largest absolute Gasteiger partial charge is 0.463 e. The van der Waals surface area contributed by atoms with Crippen LogP contribution in [-0.2, 0) is 9.53 Å². The van der Waals surface area contributed by atoms with Gasteiger partial charge in [0.25, 0.3) is 0 Å². The fourth-order valence-corrected chi connectivity index (χ4v) is 0.182. The quantitative estimate of drug-likeness (QED) is 0.513. The lowest BCUT2D eigenvalue weighted by Crippen LogP contribution is -2.00. The Bertz CT molecular complexity index is 63.4. The Morgan fingerprint density at radius 1 is 1.75 bits per heavy atom. The number of carbonyl (C=O) groups excluding carboxylic acids is 1. The van der Waals surface area contributed by atoms with Gasteiger partial charge in [0.05, 0.1) is 0 Å². The van der Waals surface area contributed by atoms with Crippen molar-refractivity contribution < 1.29 is 13.9 Å². The summed E-state index contributed by atoms with van der Waals surface area (Å²) < 4.78 is 15.3. The van der Waals surface area contributed by atoms with E-state index < -0.39 is 12.6 Å². The Balaban J connectivity index is 0. The van der Waals surface area contributed by atoms with Crippen LogP contribution in [0.1, 0.15) is 14.4 Å². The molecule has 0 amide bonds. The molecule has 0 bridgehead atoms. The number of rotatable bonds is 2. The van der Waals surface area contributed by atoms with Gasteiger partial charge < -0.3 is 4.74 Å². The van der Waals surface area contributed by atoms with E-state index in [9.17, 15) is 9.18 Å². The molecule has 50 valence electrons. The van der Waals surface area contributed by atoms with Crippen LogP contribution in [0.15, 0.2) is 0 Å². The summed E-state index contributed by atoms with van der Waals surface area (Å²) in [5, 5.41) is 0. The van der Waals surface area contributed by atoms with E-state index in [1.807, 2.05) is 0 Å². The summed E-state index contributed by atoms with van der Waals surface area (Å²) in [5.41, 5.74) is 0. The number of alkyl halides is 1. The van der Waals surface area contributed by atoms with Crippen molar-refractivity contribution in [1.29, 1.82) is 0 Å². The second-order valence-electron chi connectivity index (χ2n) is 1.03. The van der Waals surface area contributed by atoms with Crippen molar-refractivity contribution in [2.45, 2.75) is 14.4 Å². The van der Waals surface area contributed by atoms with Crippen LogP contribution in [0.3, 0.4) is 0 Å². The molecule has 0 aliphatic rings. The minimum Gasteiger partial charge on any atom is -0.463 e. The molecule has 0 N–H and O–H groups in total. The molecule has 8 heavy (non-hydrogen) atoms. The van der Waals surface area contributed by atoms with E-state index in [4.69, 9.17) is 0 Å². The predicted octanol–water partition coefficient (Wildman–Crippen LogP) is 1.16. The van der Waals surface area contributed by atoms with Gasteiger partial charge in [-0.2, -0.15) is 0 Å². The van der Waals surface area contributed by atoms with Crippen molar-refractivity contribution in [3.05, 3.63) is 0 Å². The van der Waals surface area contributed by atoms with Gasteiger partial charge >= 0.3 is 5.97 Å². The maximum Gasteiger partial charge on any atom is 0.302 e. The van der Waals surface area contributed by atoms with Crippen molar-refractivity contribution in [2.75, 3.05) is 13.3 Å².